The molecular weight excluding hydrogens is 232 g/mol. The predicted molar refractivity (Wildman–Crippen MR) is 71.8 cm³/mol. The van der Waals surface area contributed by atoms with Crippen LogP contribution in [0.25, 0.3) is 0 Å². The second kappa shape index (κ2) is 5.68. The molecule has 0 atom stereocenters. The lowest BCUT2D eigenvalue weighted by Crippen LogP contribution is -1.98. The Balaban J connectivity index is 1.92. The van der Waals surface area contributed by atoms with E-state index in [4.69, 9.17) is 4.74 Å². The van der Waals surface area contributed by atoms with Crippen molar-refractivity contribution in [2.45, 2.75) is 19.9 Å². The number of methoxy groups -OCH3 is 1. The summed E-state index contributed by atoms with van der Waals surface area (Å²) in [6, 6.07) is 8.19. The summed E-state index contributed by atoms with van der Waals surface area (Å²) in [6.45, 7) is 3.02. The molecule has 1 N–H and O–H groups in total. The zero-order chi connectivity index (χ0) is 12.1. The molecule has 90 valence electrons. The maximum Gasteiger partial charge on any atom is 0.213 e. The van der Waals surface area contributed by atoms with E-state index in [1.54, 1.807) is 13.3 Å². The van der Waals surface area contributed by atoms with Crippen LogP contribution in [-0.2, 0) is 13.0 Å². The second-order valence-electron chi connectivity index (χ2n) is 3.66. The van der Waals surface area contributed by atoms with Crippen molar-refractivity contribution in [3.8, 4) is 5.88 Å². The number of aryl methyl sites for hydroxylation is 1. The van der Waals surface area contributed by atoms with E-state index in [2.05, 4.69) is 29.4 Å². The molecule has 0 aliphatic heterocycles. The fourth-order valence-electron chi connectivity index (χ4n) is 1.50. The average molecular weight is 248 g/mol. The Morgan fingerprint density at radius 3 is 2.65 bits per heavy atom. The first-order valence-corrected chi connectivity index (χ1v) is 6.45. The van der Waals surface area contributed by atoms with Crippen LogP contribution in [0.3, 0.4) is 0 Å². The highest BCUT2D eigenvalue weighted by atomic mass is 32.1. The monoisotopic (exact) mass is 248 g/mol. The molecule has 0 saturated carbocycles. The van der Waals surface area contributed by atoms with Crippen molar-refractivity contribution < 1.29 is 4.74 Å². The number of anilines is 1. The van der Waals surface area contributed by atoms with Crippen molar-refractivity contribution in [1.82, 2.24) is 4.98 Å². The summed E-state index contributed by atoms with van der Waals surface area (Å²) in [5, 5.41) is 3.34. The van der Waals surface area contributed by atoms with Gasteiger partial charge in [0.1, 0.15) is 0 Å². The zero-order valence-corrected chi connectivity index (χ0v) is 10.9. The number of aromatic nitrogens is 1. The number of nitrogens with zero attached hydrogens (tertiary/aromatic N) is 1. The van der Waals surface area contributed by atoms with Gasteiger partial charge < -0.3 is 10.1 Å². The van der Waals surface area contributed by atoms with Crippen molar-refractivity contribution in [1.29, 1.82) is 0 Å². The van der Waals surface area contributed by atoms with Gasteiger partial charge >= 0.3 is 0 Å². The maximum atomic E-state index is 5.01. The van der Waals surface area contributed by atoms with Crippen LogP contribution in [0.5, 0.6) is 5.88 Å². The third kappa shape index (κ3) is 3.20. The lowest BCUT2D eigenvalue weighted by molar-refractivity contribution is 0.398. The van der Waals surface area contributed by atoms with Crippen molar-refractivity contribution in [3.05, 3.63) is 40.2 Å². The molecule has 17 heavy (non-hydrogen) atoms. The van der Waals surface area contributed by atoms with Gasteiger partial charge in [0.25, 0.3) is 0 Å². The molecular formula is C13H16N2OS. The molecule has 0 aromatic carbocycles. The highest BCUT2D eigenvalue weighted by Crippen LogP contribution is 2.18. The smallest absolute Gasteiger partial charge is 0.213 e. The Hall–Kier alpha value is -1.55. The quantitative estimate of drug-likeness (QED) is 0.881. The Morgan fingerprint density at radius 1 is 1.24 bits per heavy atom. The highest BCUT2D eigenvalue weighted by molar-refractivity contribution is 7.12. The van der Waals surface area contributed by atoms with Crippen LogP contribution >= 0.6 is 11.3 Å². The largest absolute Gasteiger partial charge is 0.481 e. The molecule has 0 fully saturated rings. The summed E-state index contributed by atoms with van der Waals surface area (Å²) >= 11 is 1.85. The Labute approximate surface area is 105 Å². The molecule has 0 saturated heterocycles. The predicted octanol–water partition coefficient (Wildman–Crippen LogP) is 3.33. The highest BCUT2D eigenvalue weighted by Gasteiger charge is 1.99. The molecule has 0 unspecified atom stereocenters. The molecule has 0 bridgehead atoms. The van der Waals surface area contributed by atoms with Gasteiger partial charge in [-0.1, -0.05) is 6.92 Å². The molecule has 0 spiro atoms. The van der Waals surface area contributed by atoms with Crippen LogP contribution in [0.15, 0.2) is 30.5 Å². The van der Waals surface area contributed by atoms with Gasteiger partial charge in [-0.25, -0.2) is 4.98 Å². The Bertz CT molecular complexity index is 465. The fraction of sp³-hybridized carbons (Fsp3) is 0.308. The van der Waals surface area contributed by atoms with Crippen molar-refractivity contribution in [2.75, 3.05) is 12.4 Å². The van der Waals surface area contributed by atoms with Gasteiger partial charge in [-0.2, -0.15) is 0 Å². The van der Waals surface area contributed by atoms with Gasteiger partial charge in [-0.05, 0) is 24.6 Å². The summed E-state index contributed by atoms with van der Waals surface area (Å²) in [4.78, 5) is 6.92. The number of nitrogens with one attached hydrogen (secondary N) is 1. The maximum absolute atomic E-state index is 5.01. The van der Waals surface area contributed by atoms with E-state index in [1.807, 2.05) is 23.5 Å². The van der Waals surface area contributed by atoms with Crippen LogP contribution in [0.2, 0.25) is 0 Å². The standard InChI is InChI=1S/C13H16N2OS/c1-3-11-5-6-12(17-11)9-14-10-4-7-13(16-2)15-8-10/h4-8,14H,3,9H2,1-2H3. The first kappa shape index (κ1) is 11.9. The summed E-state index contributed by atoms with van der Waals surface area (Å²) in [5.74, 6) is 0.639. The molecule has 2 rings (SSSR count). The van der Waals surface area contributed by atoms with E-state index in [9.17, 15) is 0 Å². The van der Waals surface area contributed by atoms with Crippen LogP contribution in [-0.4, -0.2) is 12.1 Å². The summed E-state index contributed by atoms with van der Waals surface area (Å²) in [5.41, 5.74) is 1.01. The van der Waals surface area contributed by atoms with Gasteiger partial charge in [0.05, 0.1) is 19.0 Å². The zero-order valence-electron chi connectivity index (χ0n) is 10.1. The van der Waals surface area contributed by atoms with E-state index in [-0.39, 0.29) is 0 Å². The van der Waals surface area contributed by atoms with E-state index >= 15 is 0 Å². The van der Waals surface area contributed by atoms with Crippen LogP contribution in [0.4, 0.5) is 5.69 Å². The number of thiophene rings is 1. The molecule has 2 heterocycles. The van der Waals surface area contributed by atoms with Gasteiger partial charge in [0.2, 0.25) is 5.88 Å². The van der Waals surface area contributed by atoms with Gasteiger partial charge in [-0.15, -0.1) is 11.3 Å². The lowest BCUT2D eigenvalue weighted by atomic mass is 10.3. The van der Waals surface area contributed by atoms with Crippen LogP contribution in [0.1, 0.15) is 16.7 Å². The van der Waals surface area contributed by atoms with Crippen LogP contribution < -0.4 is 10.1 Å². The first-order valence-electron chi connectivity index (χ1n) is 5.63. The Morgan fingerprint density at radius 2 is 2.06 bits per heavy atom. The molecule has 4 heteroatoms. The van der Waals surface area contributed by atoms with E-state index in [0.717, 1.165) is 18.7 Å². The third-order valence-corrected chi connectivity index (χ3v) is 3.71. The summed E-state index contributed by atoms with van der Waals surface area (Å²) < 4.78 is 5.01. The molecule has 3 nitrogen and oxygen atoms in total. The molecule has 0 aliphatic carbocycles. The van der Waals surface area contributed by atoms with Gasteiger partial charge in [0.15, 0.2) is 0 Å². The summed E-state index contributed by atoms with van der Waals surface area (Å²) in [7, 11) is 1.62. The normalized spacial score (nSPS) is 10.2. The first-order chi connectivity index (χ1) is 8.31. The van der Waals surface area contributed by atoms with Crippen molar-refractivity contribution >= 4 is 17.0 Å². The minimum Gasteiger partial charge on any atom is -0.481 e. The molecule has 0 aliphatic rings. The topological polar surface area (TPSA) is 34.1 Å². The SMILES string of the molecule is CCc1ccc(CNc2ccc(OC)nc2)s1. The van der Waals surface area contributed by atoms with Gasteiger partial charge in [-0.3, -0.25) is 0 Å². The van der Waals surface area contributed by atoms with E-state index in [0.29, 0.717) is 5.88 Å². The number of rotatable bonds is 5. The molecule has 2 aromatic heterocycles. The molecule has 2 aromatic rings. The minimum absolute atomic E-state index is 0.639. The van der Waals surface area contributed by atoms with Crippen molar-refractivity contribution in [3.63, 3.8) is 0 Å². The summed E-state index contributed by atoms with van der Waals surface area (Å²) in [6.07, 6.45) is 2.89. The second-order valence-corrected chi connectivity index (χ2v) is 4.92. The lowest BCUT2D eigenvalue weighted by Gasteiger charge is -2.04. The minimum atomic E-state index is 0.639. The number of hydrogen-bond donors (Lipinski definition) is 1. The average Bonchev–Trinajstić information content (AvgIpc) is 2.85. The molecule has 0 radical (unpaired) electrons. The van der Waals surface area contributed by atoms with E-state index < -0.39 is 0 Å². The number of pyridine rings is 1. The fourth-order valence-corrected chi connectivity index (χ4v) is 2.40. The number of ether oxygens (including phenoxy) is 1. The number of hydrogen-bond acceptors (Lipinski definition) is 4. The molecule has 0 amide bonds. The Kier molecular flexibility index (Phi) is 3.98. The van der Waals surface area contributed by atoms with E-state index in [1.165, 1.54) is 9.75 Å². The third-order valence-electron chi connectivity index (χ3n) is 2.48. The van der Waals surface area contributed by atoms with Crippen LogP contribution in [0, 0.1) is 0 Å². The van der Waals surface area contributed by atoms with Gasteiger partial charge in [0, 0.05) is 22.4 Å². The van der Waals surface area contributed by atoms with Crippen molar-refractivity contribution in [2.24, 2.45) is 0 Å².